The number of likely N-dealkylation sites (tertiary alicyclic amines) is 1. The summed E-state index contributed by atoms with van der Waals surface area (Å²) >= 11 is 0. The van der Waals surface area contributed by atoms with E-state index in [2.05, 4.69) is 39.4 Å². The van der Waals surface area contributed by atoms with Crippen LogP contribution >= 0.6 is 0 Å². The molecule has 34 heavy (non-hydrogen) atoms. The molecule has 1 aromatic carbocycles. The molecule has 6 nitrogen and oxygen atoms in total. The first-order valence-corrected chi connectivity index (χ1v) is 13.7. The topological polar surface area (TPSA) is 61.9 Å². The van der Waals surface area contributed by atoms with E-state index in [-0.39, 0.29) is 29.4 Å². The molecule has 6 rings (SSSR count). The smallest absolute Gasteiger partial charge is 0.410 e. The lowest BCUT2D eigenvalue weighted by molar-refractivity contribution is -0.123. The molecule has 0 radical (unpaired) electrons. The molecular formula is C28H39N3O3. The Bertz CT molecular complexity index is 923. The third-order valence-corrected chi connectivity index (χ3v) is 9.54. The Hall–Kier alpha value is -2.08. The van der Waals surface area contributed by atoms with Crippen molar-refractivity contribution >= 4 is 12.0 Å². The predicted octanol–water partition coefficient (Wildman–Crippen LogP) is 4.53. The highest BCUT2D eigenvalue weighted by Gasteiger charge is 2.48. The van der Waals surface area contributed by atoms with Crippen LogP contribution in [0.15, 0.2) is 24.3 Å². The zero-order chi connectivity index (χ0) is 23.3. The standard InChI is InChI=1S/C28H39N3O3/c1-2-34-27(33)31-20-9-10-21(31)18-22(17-20)30-15-13-28(14-16-30)12-11-25(29-26(32)19-7-8-19)23-5-3-4-6-24(23)28/h3-6,19-22,25H,2,7-18H2,1H3,(H,29,32)/t20?,21?,22?,25-/m0/s1. The van der Waals surface area contributed by atoms with E-state index in [0.717, 1.165) is 58.0 Å². The van der Waals surface area contributed by atoms with E-state index in [0.29, 0.717) is 24.7 Å². The maximum atomic E-state index is 12.5. The summed E-state index contributed by atoms with van der Waals surface area (Å²) in [5, 5.41) is 3.37. The van der Waals surface area contributed by atoms with E-state index in [4.69, 9.17) is 4.74 Å². The first-order valence-electron chi connectivity index (χ1n) is 13.7. The number of ether oxygens (including phenoxy) is 1. The zero-order valence-electron chi connectivity index (χ0n) is 20.5. The lowest BCUT2D eigenvalue weighted by Crippen LogP contribution is -2.55. The van der Waals surface area contributed by atoms with E-state index in [1.165, 1.54) is 30.4 Å². The molecule has 3 heterocycles. The van der Waals surface area contributed by atoms with Gasteiger partial charge in [0.2, 0.25) is 5.91 Å². The Morgan fingerprint density at radius 2 is 1.68 bits per heavy atom. The van der Waals surface area contributed by atoms with Gasteiger partial charge in [-0.2, -0.15) is 0 Å². The summed E-state index contributed by atoms with van der Waals surface area (Å²) in [6.07, 6.45) is 11.0. The normalized spacial score (nSPS) is 32.3. The number of hydrogen-bond donors (Lipinski definition) is 1. The van der Waals surface area contributed by atoms with Crippen molar-refractivity contribution in [3.63, 3.8) is 0 Å². The Balaban J connectivity index is 1.12. The minimum absolute atomic E-state index is 0.104. The number of carbonyl (C=O) groups excluding carboxylic acids is 2. The van der Waals surface area contributed by atoms with E-state index < -0.39 is 0 Å². The number of fused-ring (bicyclic) bond motifs is 4. The molecule has 2 amide bonds. The molecular weight excluding hydrogens is 426 g/mol. The van der Waals surface area contributed by atoms with Crippen molar-refractivity contribution in [1.29, 1.82) is 0 Å². The van der Waals surface area contributed by atoms with Crippen LogP contribution in [0, 0.1) is 5.92 Å². The largest absolute Gasteiger partial charge is 0.450 e. The number of carbonyl (C=O) groups is 2. The average Bonchev–Trinajstić information content (AvgIpc) is 3.67. The van der Waals surface area contributed by atoms with Crippen LogP contribution in [0.3, 0.4) is 0 Å². The second-order valence-electron chi connectivity index (χ2n) is 11.4. The summed E-state index contributed by atoms with van der Waals surface area (Å²) in [6, 6.07) is 10.4. The first kappa shape index (κ1) is 22.4. The van der Waals surface area contributed by atoms with Crippen LogP contribution in [-0.4, -0.2) is 59.6 Å². The first-order chi connectivity index (χ1) is 16.6. The Morgan fingerprint density at radius 1 is 0.971 bits per heavy atom. The van der Waals surface area contributed by atoms with Crippen LogP contribution < -0.4 is 5.32 Å². The van der Waals surface area contributed by atoms with E-state index in [1.807, 2.05) is 6.92 Å². The van der Waals surface area contributed by atoms with E-state index >= 15 is 0 Å². The number of hydrogen-bond acceptors (Lipinski definition) is 4. The molecule has 1 saturated carbocycles. The number of nitrogens with zero attached hydrogens (tertiary/aromatic N) is 2. The number of piperidine rings is 2. The summed E-state index contributed by atoms with van der Waals surface area (Å²) < 4.78 is 5.35. The molecule has 6 heteroatoms. The number of amides is 2. The third-order valence-electron chi connectivity index (χ3n) is 9.54. The lowest BCUT2D eigenvalue weighted by atomic mass is 9.63. The van der Waals surface area contributed by atoms with Gasteiger partial charge in [-0.25, -0.2) is 4.79 Å². The van der Waals surface area contributed by atoms with Crippen LogP contribution in [0.1, 0.15) is 88.3 Å². The van der Waals surface area contributed by atoms with Gasteiger partial charge in [0.15, 0.2) is 0 Å². The second kappa shape index (κ2) is 8.85. The van der Waals surface area contributed by atoms with Crippen molar-refractivity contribution in [3.05, 3.63) is 35.4 Å². The van der Waals surface area contributed by atoms with Crippen molar-refractivity contribution in [3.8, 4) is 0 Å². The Kier molecular flexibility index (Phi) is 5.83. The second-order valence-corrected chi connectivity index (χ2v) is 11.4. The van der Waals surface area contributed by atoms with Gasteiger partial charge >= 0.3 is 6.09 Å². The van der Waals surface area contributed by atoms with Gasteiger partial charge in [-0.3, -0.25) is 4.79 Å². The summed E-state index contributed by atoms with van der Waals surface area (Å²) in [5.74, 6) is 0.520. The van der Waals surface area contributed by atoms with Crippen molar-refractivity contribution < 1.29 is 14.3 Å². The molecule has 2 unspecified atom stereocenters. The molecule has 2 bridgehead atoms. The van der Waals surface area contributed by atoms with Crippen molar-refractivity contribution in [2.24, 2.45) is 5.92 Å². The van der Waals surface area contributed by atoms with Crippen LogP contribution in [-0.2, 0) is 14.9 Å². The van der Waals surface area contributed by atoms with Crippen molar-refractivity contribution in [1.82, 2.24) is 15.1 Å². The van der Waals surface area contributed by atoms with Crippen molar-refractivity contribution in [2.75, 3.05) is 19.7 Å². The third kappa shape index (κ3) is 3.92. The predicted molar refractivity (Wildman–Crippen MR) is 130 cm³/mol. The molecule has 5 aliphatic rings. The Labute approximate surface area is 203 Å². The summed E-state index contributed by atoms with van der Waals surface area (Å²) in [4.78, 5) is 29.7. The van der Waals surface area contributed by atoms with E-state index in [1.54, 1.807) is 0 Å². The van der Waals surface area contributed by atoms with Crippen LogP contribution in [0.5, 0.6) is 0 Å². The highest BCUT2D eigenvalue weighted by molar-refractivity contribution is 5.81. The maximum absolute atomic E-state index is 12.5. The molecule has 1 aromatic rings. The highest BCUT2D eigenvalue weighted by Crippen LogP contribution is 2.49. The number of nitrogens with one attached hydrogen (secondary N) is 1. The van der Waals surface area contributed by atoms with Gasteiger partial charge < -0.3 is 19.9 Å². The van der Waals surface area contributed by atoms with Gasteiger partial charge in [0, 0.05) is 24.0 Å². The monoisotopic (exact) mass is 465 g/mol. The fraction of sp³-hybridized carbons (Fsp3) is 0.714. The van der Waals surface area contributed by atoms with Gasteiger partial charge in [0.1, 0.15) is 0 Å². The molecule has 4 fully saturated rings. The summed E-state index contributed by atoms with van der Waals surface area (Å²) in [7, 11) is 0. The fourth-order valence-corrected chi connectivity index (χ4v) is 7.56. The summed E-state index contributed by atoms with van der Waals surface area (Å²) in [5.41, 5.74) is 3.09. The molecule has 1 spiro atoms. The maximum Gasteiger partial charge on any atom is 0.410 e. The Morgan fingerprint density at radius 3 is 2.35 bits per heavy atom. The minimum atomic E-state index is -0.104. The summed E-state index contributed by atoms with van der Waals surface area (Å²) in [6.45, 7) is 4.62. The van der Waals surface area contributed by atoms with Gasteiger partial charge in [0.25, 0.3) is 0 Å². The van der Waals surface area contributed by atoms with Crippen LogP contribution in [0.25, 0.3) is 0 Å². The van der Waals surface area contributed by atoms with Crippen LogP contribution in [0.4, 0.5) is 4.79 Å². The van der Waals surface area contributed by atoms with Gasteiger partial charge in [-0.05, 0) is 101 Å². The molecule has 2 aliphatic carbocycles. The van der Waals surface area contributed by atoms with Gasteiger partial charge in [-0.15, -0.1) is 0 Å². The molecule has 3 aliphatic heterocycles. The fourth-order valence-electron chi connectivity index (χ4n) is 7.56. The average molecular weight is 466 g/mol. The highest BCUT2D eigenvalue weighted by atomic mass is 16.6. The molecule has 1 N–H and O–H groups in total. The quantitative estimate of drug-likeness (QED) is 0.710. The number of rotatable bonds is 4. The SMILES string of the molecule is CCOC(=O)N1C2CCC1CC(N1CCC3(CC[C@H](NC(=O)C4CC4)c4ccccc43)CC1)C2. The molecule has 184 valence electrons. The molecule has 3 saturated heterocycles. The molecule has 0 aromatic heterocycles. The van der Waals surface area contributed by atoms with Gasteiger partial charge in [0.05, 0.1) is 12.6 Å². The minimum Gasteiger partial charge on any atom is -0.450 e. The van der Waals surface area contributed by atoms with Crippen LogP contribution in [0.2, 0.25) is 0 Å². The van der Waals surface area contributed by atoms with Gasteiger partial charge in [-0.1, -0.05) is 24.3 Å². The van der Waals surface area contributed by atoms with E-state index in [9.17, 15) is 9.59 Å². The molecule has 3 atom stereocenters. The van der Waals surface area contributed by atoms with Crippen molar-refractivity contribution in [2.45, 2.75) is 101 Å². The zero-order valence-corrected chi connectivity index (χ0v) is 20.5. The lowest BCUT2D eigenvalue weighted by Gasteiger charge is -2.50. The number of benzene rings is 1.